The summed E-state index contributed by atoms with van der Waals surface area (Å²) in [6, 6.07) is 20.3. The average Bonchev–Trinajstić information content (AvgIpc) is 2.73. The van der Waals surface area contributed by atoms with Crippen molar-refractivity contribution in [2.45, 2.75) is 52.9 Å². The standard InChI is InChI=1S/C28H29F/c1-4-6-8-23-9-11-24(12-10-23)15-18-27-21(3)19-26(20-28(27)29)25-16-13-22(7-5-2)14-17-25/h9-14,16-17,19-20H,4-8H2,1-3H3. The third kappa shape index (κ3) is 5.58. The number of hydrogen-bond acceptors (Lipinski definition) is 0. The largest absolute Gasteiger partial charge is 0.206 e. The Kier molecular flexibility index (Phi) is 7.25. The molecule has 29 heavy (non-hydrogen) atoms. The molecule has 0 aliphatic carbocycles. The lowest BCUT2D eigenvalue weighted by atomic mass is 9.97. The molecule has 1 heteroatoms. The average molecular weight is 385 g/mol. The van der Waals surface area contributed by atoms with E-state index >= 15 is 0 Å². The molecule has 0 unspecified atom stereocenters. The van der Waals surface area contributed by atoms with Gasteiger partial charge in [-0.05, 0) is 78.3 Å². The SMILES string of the molecule is CCCCc1ccc(C#Cc2c(C)cc(-c3ccc(CCC)cc3)cc2F)cc1. The lowest BCUT2D eigenvalue weighted by Crippen LogP contribution is -1.92. The van der Waals surface area contributed by atoms with Crippen LogP contribution in [-0.4, -0.2) is 0 Å². The first kappa shape index (κ1) is 20.9. The van der Waals surface area contributed by atoms with Crippen molar-refractivity contribution in [2.24, 2.45) is 0 Å². The summed E-state index contributed by atoms with van der Waals surface area (Å²) in [7, 11) is 0. The van der Waals surface area contributed by atoms with E-state index in [-0.39, 0.29) is 5.82 Å². The lowest BCUT2D eigenvalue weighted by Gasteiger charge is -2.08. The summed E-state index contributed by atoms with van der Waals surface area (Å²) < 4.78 is 14.8. The van der Waals surface area contributed by atoms with Crippen LogP contribution in [-0.2, 0) is 12.8 Å². The number of unbranched alkanes of at least 4 members (excludes halogenated alkanes) is 1. The van der Waals surface area contributed by atoms with Gasteiger partial charge < -0.3 is 0 Å². The summed E-state index contributed by atoms with van der Waals surface area (Å²) in [4.78, 5) is 0. The normalized spacial score (nSPS) is 10.5. The molecule has 0 bridgehead atoms. The molecule has 3 aromatic carbocycles. The van der Waals surface area contributed by atoms with Crippen molar-refractivity contribution >= 4 is 0 Å². The summed E-state index contributed by atoms with van der Waals surface area (Å²) in [5.41, 5.74) is 6.84. The van der Waals surface area contributed by atoms with Crippen LogP contribution in [0.1, 0.15) is 60.9 Å². The Morgan fingerprint density at radius 1 is 0.724 bits per heavy atom. The molecule has 0 aliphatic heterocycles. The molecule has 0 heterocycles. The van der Waals surface area contributed by atoms with E-state index in [0.717, 1.165) is 41.5 Å². The molecule has 148 valence electrons. The van der Waals surface area contributed by atoms with Crippen LogP contribution in [0.2, 0.25) is 0 Å². The molecule has 0 radical (unpaired) electrons. The molecule has 0 aromatic heterocycles. The van der Waals surface area contributed by atoms with Crippen LogP contribution in [0.3, 0.4) is 0 Å². The van der Waals surface area contributed by atoms with Crippen molar-refractivity contribution < 1.29 is 4.39 Å². The second-order valence-corrected chi connectivity index (χ2v) is 7.65. The second kappa shape index (κ2) is 10.1. The highest BCUT2D eigenvalue weighted by Crippen LogP contribution is 2.25. The minimum atomic E-state index is -0.260. The third-order valence-corrected chi connectivity index (χ3v) is 5.22. The molecule has 3 rings (SSSR count). The fraction of sp³-hybridized carbons (Fsp3) is 0.286. The first-order valence-corrected chi connectivity index (χ1v) is 10.6. The first-order chi connectivity index (χ1) is 14.1. The van der Waals surface area contributed by atoms with Gasteiger partial charge in [0.25, 0.3) is 0 Å². The van der Waals surface area contributed by atoms with Crippen LogP contribution >= 0.6 is 0 Å². The van der Waals surface area contributed by atoms with Crippen LogP contribution in [0, 0.1) is 24.6 Å². The minimum absolute atomic E-state index is 0.260. The summed E-state index contributed by atoms with van der Waals surface area (Å²) >= 11 is 0. The molecule has 0 N–H and O–H groups in total. The van der Waals surface area contributed by atoms with Crippen molar-refractivity contribution in [2.75, 3.05) is 0 Å². The van der Waals surface area contributed by atoms with E-state index < -0.39 is 0 Å². The zero-order valence-electron chi connectivity index (χ0n) is 17.7. The monoisotopic (exact) mass is 384 g/mol. The minimum Gasteiger partial charge on any atom is -0.206 e. The molecule has 0 spiro atoms. The molecule has 0 aliphatic rings. The Hall–Kier alpha value is -2.85. The topological polar surface area (TPSA) is 0 Å². The molecule has 3 aromatic rings. The van der Waals surface area contributed by atoms with Crippen molar-refractivity contribution in [1.82, 2.24) is 0 Å². The van der Waals surface area contributed by atoms with Gasteiger partial charge in [0.15, 0.2) is 0 Å². The van der Waals surface area contributed by atoms with Crippen LogP contribution in [0.4, 0.5) is 4.39 Å². The Morgan fingerprint density at radius 3 is 2.00 bits per heavy atom. The zero-order chi connectivity index (χ0) is 20.6. The smallest absolute Gasteiger partial charge is 0.139 e. The molecule has 0 saturated heterocycles. The molecule has 0 atom stereocenters. The quantitative estimate of drug-likeness (QED) is 0.386. The number of rotatable bonds is 6. The van der Waals surface area contributed by atoms with Gasteiger partial charge in [-0.2, -0.15) is 0 Å². The Labute approximate surface area is 174 Å². The van der Waals surface area contributed by atoms with Gasteiger partial charge in [0, 0.05) is 5.56 Å². The highest BCUT2D eigenvalue weighted by atomic mass is 19.1. The first-order valence-electron chi connectivity index (χ1n) is 10.6. The predicted molar refractivity (Wildman–Crippen MR) is 122 cm³/mol. The van der Waals surface area contributed by atoms with Gasteiger partial charge in [-0.25, -0.2) is 4.39 Å². The van der Waals surface area contributed by atoms with E-state index in [0.29, 0.717) is 5.56 Å². The van der Waals surface area contributed by atoms with Crippen LogP contribution in [0.15, 0.2) is 60.7 Å². The lowest BCUT2D eigenvalue weighted by molar-refractivity contribution is 0.623. The van der Waals surface area contributed by atoms with Crippen molar-refractivity contribution in [3.05, 3.63) is 94.3 Å². The second-order valence-electron chi connectivity index (χ2n) is 7.65. The zero-order valence-corrected chi connectivity index (χ0v) is 17.7. The van der Waals surface area contributed by atoms with Crippen molar-refractivity contribution in [3.63, 3.8) is 0 Å². The number of aryl methyl sites for hydroxylation is 3. The molecule has 0 fully saturated rings. The molecular weight excluding hydrogens is 355 g/mol. The van der Waals surface area contributed by atoms with Crippen LogP contribution in [0.5, 0.6) is 0 Å². The maximum absolute atomic E-state index is 14.8. The Balaban J connectivity index is 1.80. The van der Waals surface area contributed by atoms with Crippen LogP contribution in [0.25, 0.3) is 11.1 Å². The van der Waals surface area contributed by atoms with Gasteiger partial charge in [0.1, 0.15) is 5.82 Å². The van der Waals surface area contributed by atoms with E-state index in [1.54, 1.807) is 6.07 Å². The maximum atomic E-state index is 14.8. The summed E-state index contributed by atoms with van der Waals surface area (Å²) in [6.07, 6.45) is 5.69. The number of hydrogen-bond donors (Lipinski definition) is 0. The fourth-order valence-corrected chi connectivity index (χ4v) is 3.49. The van der Waals surface area contributed by atoms with E-state index in [2.05, 4.69) is 62.1 Å². The molecule has 0 saturated carbocycles. The van der Waals surface area contributed by atoms with Gasteiger partial charge in [0.2, 0.25) is 0 Å². The van der Waals surface area contributed by atoms with Gasteiger partial charge >= 0.3 is 0 Å². The predicted octanol–water partition coefficient (Wildman–Crippen LogP) is 7.50. The maximum Gasteiger partial charge on any atom is 0.139 e. The van der Waals surface area contributed by atoms with Crippen LogP contribution < -0.4 is 0 Å². The van der Waals surface area contributed by atoms with E-state index in [1.807, 2.05) is 25.1 Å². The van der Waals surface area contributed by atoms with Gasteiger partial charge in [-0.1, -0.05) is 74.9 Å². The molecule has 0 amide bonds. The summed E-state index contributed by atoms with van der Waals surface area (Å²) in [5, 5.41) is 0. The summed E-state index contributed by atoms with van der Waals surface area (Å²) in [5.74, 6) is 5.90. The Bertz CT molecular complexity index is 976. The van der Waals surface area contributed by atoms with Crippen molar-refractivity contribution in [1.29, 1.82) is 0 Å². The fourth-order valence-electron chi connectivity index (χ4n) is 3.49. The number of benzene rings is 3. The number of halogens is 1. The van der Waals surface area contributed by atoms with Gasteiger partial charge in [-0.3, -0.25) is 0 Å². The van der Waals surface area contributed by atoms with Gasteiger partial charge in [0.05, 0.1) is 5.56 Å². The summed E-state index contributed by atoms with van der Waals surface area (Å²) in [6.45, 7) is 6.30. The molecule has 0 nitrogen and oxygen atoms in total. The van der Waals surface area contributed by atoms with Gasteiger partial charge in [-0.15, -0.1) is 0 Å². The molecular formula is C28H29F. The van der Waals surface area contributed by atoms with E-state index in [4.69, 9.17) is 0 Å². The van der Waals surface area contributed by atoms with Crippen molar-refractivity contribution in [3.8, 4) is 23.0 Å². The van der Waals surface area contributed by atoms with E-state index in [1.165, 1.54) is 24.0 Å². The highest BCUT2D eigenvalue weighted by Gasteiger charge is 2.08. The Morgan fingerprint density at radius 2 is 1.38 bits per heavy atom. The van der Waals surface area contributed by atoms with E-state index in [9.17, 15) is 4.39 Å². The highest BCUT2D eigenvalue weighted by molar-refractivity contribution is 5.66. The third-order valence-electron chi connectivity index (χ3n) is 5.22.